The van der Waals surface area contributed by atoms with Gasteiger partial charge in [0.25, 0.3) is 0 Å². The van der Waals surface area contributed by atoms with Gasteiger partial charge >= 0.3 is 0 Å². The second-order valence-corrected chi connectivity index (χ2v) is 4.30. The van der Waals surface area contributed by atoms with Gasteiger partial charge in [0.2, 0.25) is 0 Å². The van der Waals surface area contributed by atoms with Crippen molar-refractivity contribution in [1.82, 2.24) is 4.98 Å². The lowest BCUT2D eigenvalue weighted by molar-refractivity contribution is 0.546. The number of hydrogen-bond acceptors (Lipinski definition) is 3. The molecule has 0 aromatic carbocycles. The largest absolute Gasteiger partial charge is 0.460 e. The number of thiazole rings is 1. The number of aromatic nitrogens is 1. The number of rotatable bonds is 3. The van der Waals surface area contributed by atoms with Gasteiger partial charge in [0.15, 0.2) is 5.76 Å². The van der Waals surface area contributed by atoms with E-state index in [1.54, 1.807) is 11.3 Å². The predicted octanol–water partition coefficient (Wildman–Crippen LogP) is 3.49. The van der Waals surface area contributed by atoms with Crippen LogP contribution in [0.2, 0.25) is 0 Å². The Balaban J connectivity index is 2.24. The summed E-state index contributed by atoms with van der Waals surface area (Å²) < 4.78 is 5.47. The molecule has 2 aromatic rings. The molecule has 2 nitrogen and oxygen atoms in total. The topological polar surface area (TPSA) is 26.0 Å². The summed E-state index contributed by atoms with van der Waals surface area (Å²) in [6, 6.07) is 3.88. The van der Waals surface area contributed by atoms with Crippen molar-refractivity contribution in [2.45, 2.75) is 13.3 Å². The second kappa shape index (κ2) is 4.15. The lowest BCUT2D eigenvalue weighted by Gasteiger charge is -1.89. The van der Waals surface area contributed by atoms with Crippen LogP contribution >= 0.6 is 22.9 Å². The number of hydrogen-bond donors (Lipinski definition) is 0. The zero-order valence-corrected chi connectivity index (χ0v) is 9.36. The first-order valence-electron chi connectivity index (χ1n) is 4.37. The van der Waals surface area contributed by atoms with Crippen LogP contribution in [0.25, 0.3) is 11.5 Å². The third-order valence-electron chi connectivity index (χ3n) is 1.85. The van der Waals surface area contributed by atoms with E-state index < -0.39 is 0 Å². The Morgan fingerprint density at radius 2 is 2.36 bits per heavy atom. The molecule has 0 aliphatic heterocycles. The zero-order valence-electron chi connectivity index (χ0n) is 7.79. The first kappa shape index (κ1) is 9.74. The van der Waals surface area contributed by atoms with E-state index in [2.05, 4.69) is 4.98 Å². The molecule has 0 N–H and O–H groups in total. The van der Waals surface area contributed by atoms with Crippen molar-refractivity contribution in [3.8, 4) is 11.5 Å². The highest BCUT2D eigenvalue weighted by atomic mass is 35.5. The normalized spacial score (nSPS) is 10.7. The molecule has 0 radical (unpaired) electrons. The van der Waals surface area contributed by atoms with Gasteiger partial charge in [0.1, 0.15) is 11.5 Å². The molecule has 0 spiro atoms. The molecule has 4 heteroatoms. The summed E-state index contributed by atoms with van der Waals surface area (Å²) in [5.74, 6) is 2.36. The van der Waals surface area contributed by atoms with Gasteiger partial charge in [0, 0.05) is 17.7 Å². The van der Waals surface area contributed by atoms with Crippen LogP contribution in [-0.4, -0.2) is 10.9 Å². The predicted molar refractivity (Wildman–Crippen MR) is 59.0 cm³/mol. The van der Waals surface area contributed by atoms with Crippen molar-refractivity contribution in [3.63, 3.8) is 0 Å². The zero-order chi connectivity index (χ0) is 9.97. The smallest absolute Gasteiger partial charge is 0.153 e. The fraction of sp³-hybridized carbons (Fsp3) is 0.300. The molecular formula is C10H10ClNOS. The third-order valence-corrected chi connectivity index (χ3v) is 2.95. The van der Waals surface area contributed by atoms with E-state index in [1.807, 2.05) is 24.4 Å². The van der Waals surface area contributed by atoms with Gasteiger partial charge in [0.05, 0.1) is 5.01 Å². The quantitative estimate of drug-likeness (QED) is 0.751. The standard InChI is InChI=1S/C10H10ClNOS/c1-7-2-3-9(13-7)8-6-14-10(12-8)4-5-11/h2-3,6H,4-5H2,1H3. The molecule has 2 rings (SSSR count). The number of furan rings is 1. The van der Waals surface area contributed by atoms with Gasteiger partial charge in [-0.2, -0.15) is 0 Å². The SMILES string of the molecule is Cc1ccc(-c2csc(CCCl)n2)o1. The molecule has 0 aliphatic carbocycles. The molecule has 2 heterocycles. The van der Waals surface area contributed by atoms with Crippen LogP contribution < -0.4 is 0 Å². The summed E-state index contributed by atoms with van der Waals surface area (Å²) >= 11 is 7.26. The van der Waals surface area contributed by atoms with Crippen LogP contribution in [-0.2, 0) is 6.42 Å². The average molecular weight is 228 g/mol. The van der Waals surface area contributed by atoms with Crippen molar-refractivity contribution in [1.29, 1.82) is 0 Å². The van der Waals surface area contributed by atoms with E-state index >= 15 is 0 Å². The Morgan fingerprint density at radius 3 is 3.00 bits per heavy atom. The first-order chi connectivity index (χ1) is 6.79. The van der Waals surface area contributed by atoms with E-state index in [0.717, 1.165) is 28.6 Å². The second-order valence-electron chi connectivity index (χ2n) is 2.98. The summed E-state index contributed by atoms with van der Waals surface area (Å²) in [7, 11) is 0. The fourth-order valence-corrected chi connectivity index (χ4v) is 2.27. The Bertz CT molecular complexity index is 421. The number of aryl methyl sites for hydroxylation is 2. The fourth-order valence-electron chi connectivity index (χ4n) is 1.19. The molecular weight excluding hydrogens is 218 g/mol. The highest BCUT2D eigenvalue weighted by Crippen LogP contribution is 2.24. The highest BCUT2D eigenvalue weighted by Gasteiger charge is 2.07. The van der Waals surface area contributed by atoms with Crippen molar-refractivity contribution in [3.05, 3.63) is 28.3 Å². The van der Waals surface area contributed by atoms with Crippen LogP contribution in [0.4, 0.5) is 0 Å². The van der Waals surface area contributed by atoms with Gasteiger partial charge in [-0.05, 0) is 19.1 Å². The van der Waals surface area contributed by atoms with Gasteiger partial charge in [-0.1, -0.05) is 0 Å². The maximum absolute atomic E-state index is 5.64. The summed E-state index contributed by atoms with van der Waals surface area (Å²) in [5.41, 5.74) is 0.906. The molecule has 0 saturated heterocycles. The maximum atomic E-state index is 5.64. The minimum atomic E-state index is 0.615. The molecule has 0 amide bonds. The van der Waals surface area contributed by atoms with Crippen LogP contribution in [0.5, 0.6) is 0 Å². The highest BCUT2D eigenvalue weighted by molar-refractivity contribution is 7.09. The molecule has 0 fully saturated rings. The Kier molecular flexibility index (Phi) is 2.89. The van der Waals surface area contributed by atoms with Crippen molar-refractivity contribution in [2.75, 3.05) is 5.88 Å². The van der Waals surface area contributed by atoms with E-state index in [4.69, 9.17) is 16.0 Å². The van der Waals surface area contributed by atoms with Crippen LogP contribution in [0.3, 0.4) is 0 Å². The Morgan fingerprint density at radius 1 is 1.50 bits per heavy atom. The van der Waals surface area contributed by atoms with E-state index in [1.165, 1.54) is 0 Å². The molecule has 0 aliphatic rings. The van der Waals surface area contributed by atoms with Crippen molar-refractivity contribution < 1.29 is 4.42 Å². The summed E-state index contributed by atoms with van der Waals surface area (Å²) in [4.78, 5) is 4.42. The van der Waals surface area contributed by atoms with Crippen molar-refractivity contribution >= 4 is 22.9 Å². The lowest BCUT2D eigenvalue weighted by Crippen LogP contribution is -1.83. The maximum Gasteiger partial charge on any atom is 0.153 e. The number of alkyl halides is 1. The van der Waals surface area contributed by atoms with Crippen LogP contribution in [0.1, 0.15) is 10.8 Å². The Hall–Kier alpha value is -0.800. The molecule has 74 valence electrons. The minimum Gasteiger partial charge on any atom is -0.460 e. The third kappa shape index (κ3) is 1.99. The molecule has 0 saturated carbocycles. The summed E-state index contributed by atoms with van der Waals surface area (Å²) in [5, 5.41) is 3.06. The Labute approximate surface area is 91.5 Å². The van der Waals surface area contributed by atoms with E-state index in [-0.39, 0.29) is 0 Å². The number of nitrogens with zero attached hydrogens (tertiary/aromatic N) is 1. The van der Waals surface area contributed by atoms with Crippen molar-refractivity contribution in [2.24, 2.45) is 0 Å². The van der Waals surface area contributed by atoms with Gasteiger partial charge in [-0.3, -0.25) is 0 Å². The van der Waals surface area contributed by atoms with Gasteiger partial charge in [-0.15, -0.1) is 22.9 Å². The molecule has 0 bridgehead atoms. The number of halogens is 1. The lowest BCUT2D eigenvalue weighted by atomic mass is 10.3. The first-order valence-corrected chi connectivity index (χ1v) is 5.78. The molecule has 2 aromatic heterocycles. The minimum absolute atomic E-state index is 0.615. The van der Waals surface area contributed by atoms with E-state index in [0.29, 0.717) is 5.88 Å². The average Bonchev–Trinajstić information content (AvgIpc) is 2.74. The summed E-state index contributed by atoms with van der Waals surface area (Å²) in [6.45, 7) is 1.93. The summed E-state index contributed by atoms with van der Waals surface area (Å²) in [6.07, 6.45) is 0.825. The van der Waals surface area contributed by atoms with Crippen LogP contribution in [0.15, 0.2) is 21.9 Å². The van der Waals surface area contributed by atoms with Crippen LogP contribution in [0, 0.1) is 6.92 Å². The molecule has 14 heavy (non-hydrogen) atoms. The molecule has 0 unspecified atom stereocenters. The van der Waals surface area contributed by atoms with Gasteiger partial charge < -0.3 is 4.42 Å². The van der Waals surface area contributed by atoms with E-state index in [9.17, 15) is 0 Å². The van der Waals surface area contributed by atoms with Gasteiger partial charge in [-0.25, -0.2) is 4.98 Å². The molecule has 0 atom stereocenters. The monoisotopic (exact) mass is 227 g/mol.